The molecule has 1 aromatic carbocycles. The molecule has 0 N–H and O–H groups in total. The second kappa shape index (κ2) is 8.53. The second-order valence-electron chi connectivity index (χ2n) is 9.05. The molecular formula is C22H28FN5O3. The molecule has 3 amide bonds. The number of hydrogen-bond donors (Lipinski definition) is 0. The maximum Gasteiger partial charge on any atom is 0.410 e. The van der Waals surface area contributed by atoms with Gasteiger partial charge in [-0.05, 0) is 58.4 Å². The van der Waals surface area contributed by atoms with E-state index in [1.165, 1.54) is 11.1 Å². The fourth-order valence-electron chi connectivity index (χ4n) is 4.04. The van der Waals surface area contributed by atoms with E-state index in [-0.39, 0.29) is 23.7 Å². The maximum absolute atomic E-state index is 14.0. The molecule has 0 aromatic heterocycles. The van der Waals surface area contributed by atoms with Crippen molar-refractivity contribution < 1.29 is 18.7 Å². The molecule has 0 saturated carbocycles. The van der Waals surface area contributed by atoms with Gasteiger partial charge in [-0.15, -0.1) is 0 Å². The third-order valence-corrected chi connectivity index (χ3v) is 5.25. The van der Waals surface area contributed by atoms with Crippen molar-refractivity contribution in [3.8, 4) is 6.07 Å². The number of piperazine rings is 1. The van der Waals surface area contributed by atoms with Crippen molar-refractivity contribution in [3.05, 3.63) is 35.1 Å². The number of rotatable bonds is 1. The van der Waals surface area contributed by atoms with Crippen LogP contribution in [0.15, 0.2) is 23.3 Å². The highest BCUT2D eigenvalue weighted by molar-refractivity contribution is 5.79. The molecule has 0 radical (unpaired) electrons. The number of benzene rings is 1. The lowest BCUT2D eigenvalue weighted by Gasteiger charge is -2.45. The molecule has 1 saturated heterocycles. The van der Waals surface area contributed by atoms with Crippen LogP contribution in [-0.4, -0.2) is 63.9 Å². The van der Waals surface area contributed by atoms with Gasteiger partial charge in [0.05, 0.1) is 17.7 Å². The minimum atomic E-state index is -0.596. The molecule has 3 rings (SSSR count). The Morgan fingerprint density at radius 1 is 1.19 bits per heavy atom. The highest BCUT2D eigenvalue weighted by atomic mass is 19.1. The van der Waals surface area contributed by atoms with E-state index in [4.69, 9.17) is 10.00 Å². The van der Waals surface area contributed by atoms with Crippen LogP contribution in [0.3, 0.4) is 0 Å². The van der Waals surface area contributed by atoms with Gasteiger partial charge in [0.1, 0.15) is 11.4 Å². The van der Waals surface area contributed by atoms with E-state index in [0.717, 1.165) is 6.07 Å². The third-order valence-electron chi connectivity index (χ3n) is 5.25. The normalized spacial score (nSPS) is 23.6. The Morgan fingerprint density at radius 3 is 2.42 bits per heavy atom. The topological polar surface area (TPSA) is 89.2 Å². The van der Waals surface area contributed by atoms with Gasteiger partial charge in [0.15, 0.2) is 0 Å². The van der Waals surface area contributed by atoms with Gasteiger partial charge in [0.25, 0.3) is 0 Å². The van der Waals surface area contributed by atoms with Crippen LogP contribution in [0.25, 0.3) is 0 Å². The van der Waals surface area contributed by atoms with Crippen LogP contribution < -0.4 is 0 Å². The van der Waals surface area contributed by atoms with Crippen LogP contribution >= 0.6 is 0 Å². The summed E-state index contributed by atoms with van der Waals surface area (Å²) in [6, 6.07) is 4.68. The Balaban J connectivity index is 1.76. The molecule has 1 fully saturated rings. The molecule has 166 valence electrons. The van der Waals surface area contributed by atoms with Crippen molar-refractivity contribution in [2.75, 3.05) is 13.1 Å². The molecular weight excluding hydrogens is 401 g/mol. The number of urea groups is 1. The third kappa shape index (κ3) is 4.95. The predicted molar refractivity (Wildman–Crippen MR) is 113 cm³/mol. The fourth-order valence-corrected chi connectivity index (χ4v) is 4.04. The number of halogens is 1. The van der Waals surface area contributed by atoms with E-state index in [1.807, 2.05) is 40.7 Å². The summed E-state index contributed by atoms with van der Waals surface area (Å²) in [7, 11) is 0. The van der Waals surface area contributed by atoms with Gasteiger partial charge in [-0.3, -0.25) is 0 Å². The predicted octanol–water partition coefficient (Wildman–Crippen LogP) is 3.88. The highest BCUT2D eigenvalue weighted by Gasteiger charge is 2.41. The van der Waals surface area contributed by atoms with Gasteiger partial charge in [0, 0.05) is 37.8 Å². The summed E-state index contributed by atoms with van der Waals surface area (Å²) < 4.78 is 19.4. The Kier molecular flexibility index (Phi) is 6.20. The molecule has 0 aliphatic carbocycles. The molecule has 2 aliphatic rings. The SMILES string of the molecule is C[C@@H]1CN(C(=O)OC(C)(C)C)C[C@H](C)N1C(=O)N1N=CC[C@H]1c1cc(F)cc(C#N)c1. The van der Waals surface area contributed by atoms with Crippen LogP contribution in [-0.2, 0) is 4.74 Å². The van der Waals surface area contributed by atoms with E-state index >= 15 is 0 Å². The Bertz CT molecular complexity index is 924. The molecule has 2 aliphatic heterocycles. The lowest BCUT2D eigenvalue weighted by Crippen LogP contribution is -2.62. The zero-order chi connectivity index (χ0) is 22.9. The summed E-state index contributed by atoms with van der Waals surface area (Å²) in [5.74, 6) is -0.527. The second-order valence-corrected chi connectivity index (χ2v) is 9.05. The first-order chi connectivity index (χ1) is 14.5. The molecule has 0 unspecified atom stereocenters. The monoisotopic (exact) mass is 429 g/mol. The van der Waals surface area contributed by atoms with Crippen LogP contribution in [0.4, 0.5) is 14.0 Å². The first-order valence-electron chi connectivity index (χ1n) is 10.3. The summed E-state index contributed by atoms with van der Waals surface area (Å²) >= 11 is 0. The van der Waals surface area contributed by atoms with Gasteiger partial charge < -0.3 is 14.5 Å². The number of hydrogen-bond acceptors (Lipinski definition) is 5. The van der Waals surface area contributed by atoms with Crippen molar-refractivity contribution in [2.24, 2.45) is 5.10 Å². The largest absolute Gasteiger partial charge is 0.444 e. The van der Waals surface area contributed by atoms with Crippen molar-refractivity contribution >= 4 is 18.3 Å². The van der Waals surface area contributed by atoms with Gasteiger partial charge in [-0.1, -0.05) is 0 Å². The standard InChI is InChI=1S/C22H28FN5O3/c1-14-12-26(21(30)31-22(3,4)5)13-15(2)27(14)20(29)28-19(6-7-25-28)17-8-16(11-24)9-18(23)10-17/h7-10,14-15,19H,6,12-13H2,1-5H3/t14-,15+,19-/m0/s1. The molecule has 8 nitrogen and oxygen atoms in total. The first kappa shape index (κ1) is 22.5. The smallest absolute Gasteiger partial charge is 0.410 e. The molecule has 31 heavy (non-hydrogen) atoms. The van der Waals surface area contributed by atoms with Crippen LogP contribution in [0.1, 0.15) is 58.2 Å². The number of hydrazone groups is 1. The quantitative estimate of drug-likeness (QED) is 0.678. The zero-order valence-corrected chi connectivity index (χ0v) is 18.5. The minimum Gasteiger partial charge on any atom is -0.444 e. The van der Waals surface area contributed by atoms with Crippen molar-refractivity contribution in [3.63, 3.8) is 0 Å². The number of amides is 3. The van der Waals surface area contributed by atoms with Gasteiger partial charge in [-0.2, -0.15) is 10.4 Å². The lowest BCUT2D eigenvalue weighted by molar-refractivity contribution is -0.00305. The molecule has 9 heteroatoms. The van der Waals surface area contributed by atoms with E-state index < -0.39 is 23.6 Å². The Hall–Kier alpha value is -3.15. The number of nitriles is 1. The minimum absolute atomic E-state index is 0.196. The molecule has 3 atom stereocenters. The van der Waals surface area contributed by atoms with Crippen LogP contribution in [0.5, 0.6) is 0 Å². The van der Waals surface area contributed by atoms with Gasteiger partial charge in [-0.25, -0.2) is 19.0 Å². The van der Waals surface area contributed by atoms with Crippen molar-refractivity contribution in [2.45, 2.75) is 64.8 Å². The summed E-state index contributed by atoms with van der Waals surface area (Å²) in [6.45, 7) is 9.86. The van der Waals surface area contributed by atoms with Crippen LogP contribution in [0.2, 0.25) is 0 Å². The van der Waals surface area contributed by atoms with E-state index in [1.54, 1.807) is 22.1 Å². The zero-order valence-electron chi connectivity index (χ0n) is 18.5. The van der Waals surface area contributed by atoms with Crippen molar-refractivity contribution in [1.82, 2.24) is 14.8 Å². The lowest BCUT2D eigenvalue weighted by atomic mass is 10.0. The maximum atomic E-state index is 14.0. The number of carbonyl (C=O) groups excluding carboxylic acids is 2. The number of ether oxygens (including phenoxy) is 1. The van der Waals surface area contributed by atoms with E-state index in [2.05, 4.69) is 5.10 Å². The van der Waals surface area contributed by atoms with E-state index in [9.17, 15) is 14.0 Å². The Morgan fingerprint density at radius 2 is 1.84 bits per heavy atom. The molecule has 1 aromatic rings. The van der Waals surface area contributed by atoms with Gasteiger partial charge >= 0.3 is 12.1 Å². The number of carbonyl (C=O) groups is 2. The Labute approximate surface area is 181 Å². The van der Waals surface area contributed by atoms with Gasteiger partial charge in [0.2, 0.25) is 0 Å². The average Bonchev–Trinajstić information content (AvgIpc) is 3.15. The van der Waals surface area contributed by atoms with E-state index in [0.29, 0.717) is 25.1 Å². The summed E-state index contributed by atoms with van der Waals surface area (Å²) in [6.07, 6.45) is 1.64. The molecule has 0 bridgehead atoms. The first-order valence-corrected chi connectivity index (χ1v) is 10.3. The fraction of sp³-hybridized carbons (Fsp3) is 0.545. The summed E-state index contributed by atoms with van der Waals surface area (Å²) in [4.78, 5) is 29.2. The number of nitrogens with zero attached hydrogens (tertiary/aromatic N) is 5. The highest BCUT2D eigenvalue weighted by Crippen LogP contribution is 2.32. The summed E-state index contributed by atoms with van der Waals surface area (Å²) in [5.41, 5.74) is 0.124. The average molecular weight is 429 g/mol. The van der Waals surface area contributed by atoms with Crippen molar-refractivity contribution in [1.29, 1.82) is 5.26 Å². The summed E-state index contributed by atoms with van der Waals surface area (Å²) in [5, 5.41) is 14.7. The molecule has 0 spiro atoms. The molecule has 2 heterocycles. The van der Waals surface area contributed by atoms with Crippen LogP contribution in [0, 0.1) is 17.1 Å².